The molecule has 4 saturated carbocycles. The first kappa shape index (κ1) is 29.0. The predicted molar refractivity (Wildman–Crippen MR) is 190 cm³/mol. The molecule has 1 radical (unpaired) electrons. The van der Waals surface area contributed by atoms with E-state index < -0.39 is 11.2 Å². The molecule has 4 aromatic carbocycles. The van der Waals surface area contributed by atoms with Crippen molar-refractivity contribution in [2.45, 2.75) is 89.3 Å². The molecular weight excluding hydrogens is 559 g/mol. The van der Waals surface area contributed by atoms with E-state index >= 15 is 0 Å². The number of benzene rings is 4. The average molecular weight is 606 g/mol. The summed E-state index contributed by atoms with van der Waals surface area (Å²) in [5.41, 5.74) is 14.8. The molecule has 2 nitrogen and oxygen atoms in total. The van der Waals surface area contributed by atoms with Crippen LogP contribution in [0, 0.1) is 23.7 Å². The van der Waals surface area contributed by atoms with Crippen LogP contribution in [0.2, 0.25) is 0 Å². The van der Waals surface area contributed by atoms with Crippen LogP contribution >= 0.6 is 0 Å². The number of ether oxygens (including phenoxy) is 1. The Morgan fingerprint density at radius 2 is 1.46 bits per heavy atom. The molecule has 6 aliphatic carbocycles. The van der Waals surface area contributed by atoms with Crippen LogP contribution in [0.1, 0.15) is 89.5 Å². The van der Waals surface area contributed by atoms with Gasteiger partial charge in [0, 0.05) is 17.9 Å². The highest BCUT2D eigenvalue weighted by molar-refractivity contribution is 6.47. The maximum Gasteiger partial charge on any atom is 0.330 e. The minimum Gasteiger partial charge on any atom is -0.427 e. The van der Waals surface area contributed by atoms with Crippen LogP contribution in [0.4, 0.5) is 0 Å². The Bertz CT molecular complexity index is 1910. The summed E-state index contributed by atoms with van der Waals surface area (Å²) in [5.74, 6) is 3.48. The lowest BCUT2D eigenvalue weighted by Crippen LogP contribution is -2.50. The lowest BCUT2D eigenvalue weighted by Gasteiger charge is -2.43. The average Bonchev–Trinajstić information content (AvgIpc) is 3.67. The Kier molecular flexibility index (Phi) is 5.99. The summed E-state index contributed by atoms with van der Waals surface area (Å²) in [4.78, 5) is 0. The lowest BCUT2D eigenvalue weighted by atomic mass is 9.59. The van der Waals surface area contributed by atoms with Crippen molar-refractivity contribution in [3.05, 3.63) is 101 Å². The second-order valence-corrected chi connectivity index (χ2v) is 16.7. The molecule has 0 aliphatic heterocycles. The third-order valence-corrected chi connectivity index (χ3v) is 13.8. The molecule has 6 aliphatic rings. The first-order valence-corrected chi connectivity index (χ1v) is 17.6. The molecule has 4 bridgehead atoms. The normalized spacial score (nSPS) is 27.5. The van der Waals surface area contributed by atoms with Crippen LogP contribution in [0.15, 0.2) is 78.9 Å². The highest BCUT2D eigenvalue weighted by atomic mass is 16.5. The van der Waals surface area contributed by atoms with E-state index in [4.69, 9.17) is 9.39 Å². The van der Waals surface area contributed by atoms with Crippen LogP contribution in [-0.2, 0) is 20.2 Å². The first-order chi connectivity index (χ1) is 22.0. The van der Waals surface area contributed by atoms with E-state index in [-0.39, 0.29) is 10.8 Å². The van der Waals surface area contributed by atoms with Gasteiger partial charge in [0.2, 0.25) is 0 Å². The van der Waals surface area contributed by atoms with Crippen LogP contribution < -0.4 is 5.46 Å². The smallest absolute Gasteiger partial charge is 0.330 e. The molecule has 5 unspecified atom stereocenters. The van der Waals surface area contributed by atoms with E-state index in [1.165, 1.54) is 70.2 Å². The van der Waals surface area contributed by atoms with Gasteiger partial charge in [-0.3, -0.25) is 0 Å². The van der Waals surface area contributed by atoms with Gasteiger partial charge >= 0.3 is 7.48 Å². The lowest BCUT2D eigenvalue weighted by molar-refractivity contribution is -0.114. The summed E-state index contributed by atoms with van der Waals surface area (Å²) in [6.45, 7) is 13.1. The Morgan fingerprint density at radius 1 is 0.674 bits per heavy atom. The number of hydrogen-bond donors (Lipinski definition) is 0. The summed E-state index contributed by atoms with van der Waals surface area (Å²) >= 11 is 0. The molecule has 4 aromatic rings. The quantitative estimate of drug-likeness (QED) is 0.204. The summed E-state index contributed by atoms with van der Waals surface area (Å²) < 4.78 is 12.1. The molecule has 0 heterocycles. The van der Waals surface area contributed by atoms with Crippen molar-refractivity contribution in [2.24, 2.45) is 23.7 Å². The summed E-state index contributed by atoms with van der Waals surface area (Å²) in [7, 11) is 3.65. The third-order valence-electron chi connectivity index (χ3n) is 13.8. The van der Waals surface area contributed by atoms with Crippen molar-refractivity contribution in [3.63, 3.8) is 0 Å². The van der Waals surface area contributed by atoms with E-state index in [0.29, 0.717) is 0 Å². The standard InChI is InChI=1S/C43H46BO2/c1-40(2)34-18-16-29(44-46-42(5,6)41(3,4)45-7)24-33(34)31-17-15-26(23-38(31)40)30-12-10-14-36-39(30)32-11-8-9-13-35(32)43(36)28-20-25-19-27(22-28)37(43)21-25/h8-18,23-25,27-28,37H,19-22H2,1-7H3. The van der Waals surface area contributed by atoms with Crippen LogP contribution in [-0.4, -0.2) is 25.8 Å². The molecule has 0 saturated heterocycles. The van der Waals surface area contributed by atoms with Crippen LogP contribution in [0.3, 0.4) is 0 Å². The fourth-order valence-electron chi connectivity index (χ4n) is 10.9. The van der Waals surface area contributed by atoms with Gasteiger partial charge in [-0.1, -0.05) is 92.1 Å². The van der Waals surface area contributed by atoms with E-state index in [9.17, 15) is 0 Å². The fourth-order valence-corrected chi connectivity index (χ4v) is 10.9. The third kappa shape index (κ3) is 3.62. The van der Waals surface area contributed by atoms with Gasteiger partial charge in [0.05, 0.1) is 11.2 Å². The maximum atomic E-state index is 6.35. The molecule has 0 amide bonds. The molecule has 233 valence electrons. The summed E-state index contributed by atoms with van der Waals surface area (Å²) in [5, 5.41) is 0. The summed E-state index contributed by atoms with van der Waals surface area (Å²) in [6.07, 6.45) is 5.74. The largest absolute Gasteiger partial charge is 0.427 e. The second kappa shape index (κ2) is 9.48. The van der Waals surface area contributed by atoms with Gasteiger partial charge in [-0.15, -0.1) is 0 Å². The van der Waals surface area contributed by atoms with E-state index in [1.807, 2.05) is 7.48 Å². The minimum absolute atomic E-state index is 0.0854. The highest BCUT2D eigenvalue weighted by Crippen LogP contribution is 2.73. The Hall–Kier alpha value is -3.14. The molecular formula is C43H46BO2. The summed E-state index contributed by atoms with van der Waals surface area (Å²) in [6, 6.07) is 30.8. The molecule has 0 N–H and O–H groups in total. The van der Waals surface area contributed by atoms with Gasteiger partial charge in [-0.25, -0.2) is 0 Å². The molecule has 0 aromatic heterocycles. The van der Waals surface area contributed by atoms with Crippen molar-refractivity contribution in [2.75, 3.05) is 7.11 Å². The number of hydrogen-bond acceptors (Lipinski definition) is 2. The van der Waals surface area contributed by atoms with Crippen molar-refractivity contribution in [1.29, 1.82) is 0 Å². The number of methoxy groups -OCH3 is 1. The van der Waals surface area contributed by atoms with E-state index in [2.05, 4.69) is 120 Å². The molecule has 4 fully saturated rings. The van der Waals surface area contributed by atoms with Crippen molar-refractivity contribution >= 4 is 12.9 Å². The minimum atomic E-state index is -0.475. The SMILES string of the molecule is COC(C)(C)C(C)(C)O[B]c1ccc2c(c1)-c1ccc(-c3cccc4c3-c3ccccc3C43C4CC5CC(C4)C3C5)cc1C2(C)C. The molecule has 10 rings (SSSR count). The first-order valence-electron chi connectivity index (χ1n) is 17.6. The predicted octanol–water partition coefficient (Wildman–Crippen LogP) is 9.46. The Balaban J connectivity index is 1.12. The van der Waals surface area contributed by atoms with Gasteiger partial charge in [0.15, 0.2) is 0 Å². The topological polar surface area (TPSA) is 18.5 Å². The van der Waals surface area contributed by atoms with E-state index in [0.717, 1.165) is 29.1 Å². The van der Waals surface area contributed by atoms with Gasteiger partial charge < -0.3 is 9.39 Å². The van der Waals surface area contributed by atoms with Crippen LogP contribution in [0.25, 0.3) is 33.4 Å². The van der Waals surface area contributed by atoms with Gasteiger partial charge in [-0.05, 0) is 139 Å². The van der Waals surface area contributed by atoms with Crippen LogP contribution in [0.5, 0.6) is 0 Å². The van der Waals surface area contributed by atoms with Crippen molar-refractivity contribution in [1.82, 2.24) is 0 Å². The van der Waals surface area contributed by atoms with Gasteiger partial charge in [0.1, 0.15) is 0 Å². The molecule has 5 atom stereocenters. The molecule has 46 heavy (non-hydrogen) atoms. The zero-order valence-corrected chi connectivity index (χ0v) is 28.5. The molecule has 3 heteroatoms. The zero-order chi connectivity index (χ0) is 31.8. The van der Waals surface area contributed by atoms with E-state index in [1.54, 1.807) is 18.2 Å². The van der Waals surface area contributed by atoms with Crippen molar-refractivity contribution in [3.8, 4) is 33.4 Å². The monoisotopic (exact) mass is 605 g/mol. The molecule has 1 spiro atoms. The van der Waals surface area contributed by atoms with Gasteiger partial charge in [-0.2, -0.15) is 0 Å². The van der Waals surface area contributed by atoms with Gasteiger partial charge in [0.25, 0.3) is 0 Å². The number of fused-ring (bicyclic) bond motifs is 6. The Morgan fingerprint density at radius 3 is 2.26 bits per heavy atom. The second-order valence-electron chi connectivity index (χ2n) is 16.7. The maximum absolute atomic E-state index is 6.35. The number of rotatable bonds is 6. The highest BCUT2D eigenvalue weighted by Gasteiger charge is 2.66. The fraction of sp³-hybridized carbons (Fsp3) is 0.442. The Labute approximate surface area is 276 Å². The zero-order valence-electron chi connectivity index (χ0n) is 28.5. The van der Waals surface area contributed by atoms with Crippen molar-refractivity contribution < 1.29 is 9.39 Å².